The van der Waals surface area contributed by atoms with Gasteiger partial charge in [0.25, 0.3) is 0 Å². The Labute approximate surface area is 126 Å². The van der Waals surface area contributed by atoms with Crippen LogP contribution in [0.25, 0.3) is 5.69 Å². The fourth-order valence-corrected chi connectivity index (χ4v) is 2.88. The topological polar surface area (TPSA) is 43.6 Å². The Hall–Kier alpha value is -2.21. The SMILES string of the molecule is C[C@H](Sc1nnnn1-c1ccccc1)c1ccc(F)cc1. The largest absolute Gasteiger partial charge is 0.214 e. The molecule has 21 heavy (non-hydrogen) atoms. The maximum absolute atomic E-state index is 13.0. The van der Waals surface area contributed by atoms with Crippen molar-refractivity contribution in [2.24, 2.45) is 0 Å². The lowest BCUT2D eigenvalue weighted by molar-refractivity contribution is 0.627. The van der Waals surface area contributed by atoms with Gasteiger partial charge in [-0.05, 0) is 47.2 Å². The third-order valence-electron chi connectivity index (χ3n) is 3.06. The van der Waals surface area contributed by atoms with E-state index in [-0.39, 0.29) is 11.1 Å². The number of hydrogen-bond donors (Lipinski definition) is 0. The molecular formula is C15H13FN4S. The number of hydrogen-bond acceptors (Lipinski definition) is 4. The number of rotatable bonds is 4. The maximum atomic E-state index is 13.0. The van der Waals surface area contributed by atoms with Crippen LogP contribution in [0, 0.1) is 5.82 Å². The second-order valence-corrected chi connectivity index (χ2v) is 5.83. The Bertz CT molecular complexity index is 712. The molecule has 3 aromatic rings. The smallest absolute Gasteiger partial charge is 0.207 e. The second kappa shape index (κ2) is 6.05. The Kier molecular flexibility index (Phi) is 3.96. The molecule has 0 spiro atoms. The van der Waals surface area contributed by atoms with E-state index >= 15 is 0 Å². The van der Waals surface area contributed by atoms with Gasteiger partial charge in [0.2, 0.25) is 5.16 Å². The molecule has 0 saturated carbocycles. The van der Waals surface area contributed by atoms with Crippen LogP contribution >= 0.6 is 11.8 Å². The number of benzene rings is 2. The fraction of sp³-hybridized carbons (Fsp3) is 0.133. The molecule has 0 aliphatic carbocycles. The molecule has 0 bridgehead atoms. The van der Waals surface area contributed by atoms with Crippen LogP contribution in [0.5, 0.6) is 0 Å². The summed E-state index contributed by atoms with van der Waals surface area (Å²) in [5.74, 6) is -0.231. The van der Waals surface area contributed by atoms with Crippen molar-refractivity contribution >= 4 is 11.8 Å². The zero-order valence-electron chi connectivity index (χ0n) is 11.3. The Morgan fingerprint density at radius 2 is 1.76 bits per heavy atom. The van der Waals surface area contributed by atoms with Crippen LogP contribution < -0.4 is 0 Å². The van der Waals surface area contributed by atoms with Gasteiger partial charge in [-0.25, -0.2) is 4.39 Å². The maximum Gasteiger partial charge on any atom is 0.214 e. The first kappa shape index (κ1) is 13.8. The van der Waals surface area contributed by atoms with Gasteiger partial charge < -0.3 is 0 Å². The third kappa shape index (κ3) is 3.11. The molecule has 4 nitrogen and oxygen atoms in total. The molecule has 1 heterocycles. The van der Waals surface area contributed by atoms with Crippen LogP contribution in [0.3, 0.4) is 0 Å². The molecule has 0 aliphatic heterocycles. The summed E-state index contributed by atoms with van der Waals surface area (Å²) in [5.41, 5.74) is 1.94. The summed E-state index contributed by atoms with van der Waals surface area (Å²) in [4.78, 5) is 0. The molecule has 0 saturated heterocycles. The molecule has 0 fully saturated rings. The average Bonchev–Trinajstić information content (AvgIpc) is 2.97. The Morgan fingerprint density at radius 3 is 2.48 bits per heavy atom. The molecule has 1 aromatic heterocycles. The molecule has 0 amide bonds. The highest BCUT2D eigenvalue weighted by Gasteiger charge is 2.14. The standard InChI is InChI=1S/C15H13FN4S/c1-11(12-7-9-13(16)10-8-12)21-15-17-18-19-20(15)14-5-3-2-4-6-14/h2-11H,1H3/t11-/m0/s1. The van der Waals surface area contributed by atoms with Crippen LogP contribution in [0.2, 0.25) is 0 Å². The normalized spacial score (nSPS) is 12.3. The lowest BCUT2D eigenvalue weighted by Crippen LogP contribution is -2.00. The van der Waals surface area contributed by atoms with Crippen molar-refractivity contribution in [3.8, 4) is 5.69 Å². The first-order valence-corrected chi connectivity index (χ1v) is 7.38. The van der Waals surface area contributed by atoms with Crippen LogP contribution in [-0.4, -0.2) is 20.2 Å². The van der Waals surface area contributed by atoms with E-state index in [1.54, 1.807) is 16.8 Å². The van der Waals surface area contributed by atoms with Gasteiger partial charge in [0.05, 0.1) is 5.69 Å². The molecule has 0 N–H and O–H groups in total. The van der Waals surface area contributed by atoms with Crippen LogP contribution in [0.1, 0.15) is 17.7 Å². The van der Waals surface area contributed by atoms with Gasteiger partial charge in [-0.3, -0.25) is 0 Å². The van der Waals surface area contributed by atoms with E-state index in [9.17, 15) is 4.39 Å². The predicted octanol–water partition coefficient (Wildman–Crippen LogP) is 3.65. The molecule has 6 heteroatoms. The van der Waals surface area contributed by atoms with E-state index in [0.29, 0.717) is 5.16 Å². The predicted molar refractivity (Wildman–Crippen MR) is 79.8 cm³/mol. The van der Waals surface area contributed by atoms with Crippen LogP contribution in [-0.2, 0) is 0 Å². The van der Waals surface area contributed by atoms with Crippen molar-refractivity contribution in [2.75, 3.05) is 0 Å². The quantitative estimate of drug-likeness (QED) is 0.690. The number of aromatic nitrogens is 4. The second-order valence-electron chi connectivity index (χ2n) is 4.52. The fourth-order valence-electron chi connectivity index (χ4n) is 1.94. The van der Waals surface area contributed by atoms with Crippen molar-refractivity contribution in [1.29, 1.82) is 0 Å². The first-order chi connectivity index (χ1) is 10.2. The summed E-state index contributed by atoms with van der Waals surface area (Å²) in [6, 6.07) is 16.2. The van der Waals surface area contributed by atoms with Crippen molar-refractivity contribution in [3.63, 3.8) is 0 Å². The molecule has 106 valence electrons. The van der Waals surface area contributed by atoms with E-state index in [4.69, 9.17) is 0 Å². The summed E-state index contributed by atoms with van der Waals surface area (Å²) in [6.45, 7) is 2.04. The Balaban J connectivity index is 1.83. The minimum Gasteiger partial charge on any atom is -0.207 e. The highest BCUT2D eigenvalue weighted by molar-refractivity contribution is 7.99. The molecule has 0 unspecified atom stereocenters. The number of para-hydroxylation sites is 1. The molecule has 0 radical (unpaired) electrons. The lowest BCUT2D eigenvalue weighted by Gasteiger charge is -2.11. The van der Waals surface area contributed by atoms with Crippen molar-refractivity contribution < 1.29 is 4.39 Å². The third-order valence-corrected chi connectivity index (χ3v) is 4.15. The molecule has 1 atom stereocenters. The van der Waals surface area contributed by atoms with Gasteiger partial charge in [0, 0.05) is 5.25 Å². The Morgan fingerprint density at radius 1 is 1.05 bits per heavy atom. The summed E-state index contributed by atoms with van der Waals surface area (Å²) in [6.07, 6.45) is 0. The summed E-state index contributed by atoms with van der Waals surface area (Å²) < 4.78 is 14.7. The van der Waals surface area contributed by atoms with Gasteiger partial charge in [-0.15, -0.1) is 5.10 Å². The monoisotopic (exact) mass is 300 g/mol. The van der Waals surface area contributed by atoms with Gasteiger partial charge in [0.1, 0.15) is 5.82 Å². The van der Waals surface area contributed by atoms with Crippen molar-refractivity contribution in [1.82, 2.24) is 20.2 Å². The number of nitrogens with zero attached hydrogens (tertiary/aromatic N) is 4. The number of thioether (sulfide) groups is 1. The van der Waals surface area contributed by atoms with E-state index in [1.165, 1.54) is 23.9 Å². The number of halogens is 1. The van der Waals surface area contributed by atoms with E-state index in [1.807, 2.05) is 37.3 Å². The first-order valence-electron chi connectivity index (χ1n) is 6.50. The summed E-state index contributed by atoms with van der Waals surface area (Å²) >= 11 is 1.54. The number of tetrazole rings is 1. The molecule has 3 rings (SSSR count). The molecule has 0 aliphatic rings. The highest BCUT2D eigenvalue weighted by Crippen LogP contribution is 2.33. The van der Waals surface area contributed by atoms with Gasteiger partial charge in [-0.2, -0.15) is 4.68 Å². The minimum absolute atomic E-state index is 0.124. The van der Waals surface area contributed by atoms with Gasteiger partial charge in [0.15, 0.2) is 0 Å². The van der Waals surface area contributed by atoms with Crippen LogP contribution in [0.4, 0.5) is 4.39 Å². The highest BCUT2D eigenvalue weighted by atomic mass is 32.2. The van der Waals surface area contributed by atoms with E-state index in [2.05, 4.69) is 15.5 Å². The average molecular weight is 300 g/mol. The van der Waals surface area contributed by atoms with Gasteiger partial charge in [-0.1, -0.05) is 42.1 Å². The molecule has 2 aromatic carbocycles. The molecular weight excluding hydrogens is 287 g/mol. The minimum atomic E-state index is -0.231. The summed E-state index contributed by atoms with van der Waals surface area (Å²) in [7, 11) is 0. The van der Waals surface area contributed by atoms with Gasteiger partial charge >= 0.3 is 0 Å². The van der Waals surface area contributed by atoms with E-state index < -0.39 is 0 Å². The van der Waals surface area contributed by atoms with Crippen molar-refractivity contribution in [3.05, 3.63) is 66.0 Å². The lowest BCUT2D eigenvalue weighted by atomic mass is 10.2. The summed E-state index contributed by atoms with van der Waals surface area (Å²) in [5, 5.41) is 12.7. The van der Waals surface area contributed by atoms with E-state index in [0.717, 1.165) is 11.3 Å². The zero-order chi connectivity index (χ0) is 14.7. The zero-order valence-corrected chi connectivity index (χ0v) is 12.2. The van der Waals surface area contributed by atoms with Crippen LogP contribution in [0.15, 0.2) is 59.8 Å². The van der Waals surface area contributed by atoms with Crippen molar-refractivity contribution in [2.45, 2.75) is 17.3 Å².